The second-order valence-electron chi connectivity index (χ2n) is 9.87. The zero-order valence-corrected chi connectivity index (χ0v) is 19.1. The average Bonchev–Trinajstić information content (AvgIpc) is 3.33. The van der Waals surface area contributed by atoms with Gasteiger partial charge in [-0.2, -0.15) is 0 Å². The molecule has 1 spiro atoms. The predicted molar refractivity (Wildman–Crippen MR) is 119 cm³/mol. The van der Waals surface area contributed by atoms with Crippen LogP contribution >= 0.6 is 23.5 Å². The van der Waals surface area contributed by atoms with Gasteiger partial charge in [0.2, 0.25) is 0 Å². The molecule has 158 valence electrons. The average molecular weight is 425 g/mol. The van der Waals surface area contributed by atoms with Crippen LogP contribution in [0.2, 0.25) is 0 Å². The van der Waals surface area contributed by atoms with Gasteiger partial charge in [-0.15, -0.1) is 23.5 Å². The Morgan fingerprint density at radius 1 is 1.04 bits per heavy atom. The third-order valence-electron chi connectivity index (χ3n) is 6.97. The van der Waals surface area contributed by atoms with Crippen molar-refractivity contribution in [1.82, 2.24) is 0 Å². The van der Waals surface area contributed by atoms with Crippen molar-refractivity contribution < 1.29 is 14.3 Å². The van der Waals surface area contributed by atoms with Crippen LogP contribution in [-0.4, -0.2) is 40.9 Å². The van der Waals surface area contributed by atoms with Crippen molar-refractivity contribution >= 4 is 29.3 Å². The van der Waals surface area contributed by atoms with E-state index in [1.54, 1.807) is 0 Å². The number of hydrogen-bond acceptors (Lipinski definition) is 5. The lowest BCUT2D eigenvalue weighted by Gasteiger charge is -2.45. The van der Waals surface area contributed by atoms with Crippen LogP contribution in [0.5, 0.6) is 0 Å². The fourth-order valence-electron chi connectivity index (χ4n) is 5.23. The van der Waals surface area contributed by atoms with Crippen molar-refractivity contribution in [3.05, 3.63) is 12.2 Å². The van der Waals surface area contributed by atoms with Gasteiger partial charge in [0.15, 0.2) is 11.6 Å². The standard InChI is InChI=1S/C23H36O3S2/c1-22(2)15-25-23(26-16-22)11-10-17(19(23)14-21-27-12-13-28-21)8-9-20(24)18-6-4-3-5-7-18/h8-9,17-19,21H,3-7,10-16H2,1-2H3/t17-,19+/m0/s1. The van der Waals surface area contributed by atoms with Gasteiger partial charge in [-0.25, -0.2) is 0 Å². The first kappa shape index (κ1) is 21.3. The molecule has 28 heavy (non-hydrogen) atoms. The van der Waals surface area contributed by atoms with Crippen molar-refractivity contribution in [3.8, 4) is 0 Å². The number of hydrogen-bond donors (Lipinski definition) is 0. The van der Waals surface area contributed by atoms with Crippen LogP contribution < -0.4 is 0 Å². The summed E-state index contributed by atoms with van der Waals surface area (Å²) in [6, 6.07) is 0. The maximum Gasteiger partial charge on any atom is 0.171 e. The van der Waals surface area contributed by atoms with E-state index in [1.807, 2.05) is 6.08 Å². The largest absolute Gasteiger partial charge is 0.349 e. The Hall–Kier alpha value is 0.0300. The van der Waals surface area contributed by atoms with Gasteiger partial charge in [-0.3, -0.25) is 4.79 Å². The first-order chi connectivity index (χ1) is 13.5. The van der Waals surface area contributed by atoms with E-state index in [4.69, 9.17) is 9.47 Å². The normalized spacial score (nSPS) is 33.8. The van der Waals surface area contributed by atoms with Gasteiger partial charge in [0.25, 0.3) is 0 Å². The molecule has 4 aliphatic rings. The highest BCUT2D eigenvalue weighted by Crippen LogP contribution is 2.52. The van der Waals surface area contributed by atoms with Crippen LogP contribution in [0.1, 0.15) is 65.2 Å². The smallest absolute Gasteiger partial charge is 0.171 e. The van der Waals surface area contributed by atoms with Crippen molar-refractivity contribution in [2.45, 2.75) is 75.6 Å². The molecule has 0 N–H and O–H groups in total. The zero-order chi connectivity index (χ0) is 19.6. The van der Waals surface area contributed by atoms with E-state index in [9.17, 15) is 4.79 Å². The van der Waals surface area contributed by atoms with Crippen LogP contribution in [0.25, 0.3) is 0 Å². The van der Waals surface area contributed by atoms with E-state index in [2.05, 4.69) is 43.4 Å². The van der Waals surface area contributed by atoms with Gasteiger partial charge in [0, 0.05) is 35.2 Å². The Balaban J connectivity index is 1.45. The van der Waals surface area contributed by atoms with Gasteiger partial charge in [-0.1, -0.05) is 39.2 Å². The second kappa shape index (κ2) is 9.03. The van der Waals surface area contributed by atoms with Crippen molar-refractivity contribution in [2.24, 2.45) is 23.2 Å². The first-order valence-electron chi connectivity index (χ1n) is 11.2. The Kier molecular flexibility index (Phi) is 6.86. The zero-order valence-electron chi connectivity index (χ0n) is 17.5. The lowest BCUT2D eigenvalue weighted by molar-refractivity contribution is -0.315. The molecule has 0 bridgehead atoms. The summed E-state index contributed by atoms with van der Waals surface area (Å²) in [5.74, 6) is 3.47. The molecule has 0 radical (unpaired) electrons. The molecule has 0 aromatic rings. The highest BCUT2D eigenvalue weighted by molar-refractivity contribution is 8.20. The SMILES string of the molecule is CC1(C)COC2(CC[C@H](C=CC(=O)C3CCCCC3)[C@H]2CC2SCCS2)OC1. The van der Waals surface area contributed by atoms with Crippen LogP contribution in [0, 0.1) is 23.2 Å². The van der Waals surface area contributed by atoms with Gasteiger partial charge < -0.3 is 9.47 Å². The molecule has 0 aromatic heterocycles. The molecule has 2 saturated carbocycles. The van der Waals surface area contributed by atoms with Crippen LogP contribution in [-0.2, 0) is 14.3 Å². The summed E-state index contributed by atoms with van der Waals surface area (Å²) < 4.78 is 13.6. The molecular formula is C23H36O3S2. The van der Waals surface area contributed by atoms with Crippen molar-refractivity contribution in [2.75, 3.05) is 24.7 Å². The fraction of sp³-hybridized carbons (Fsp3) is 0.870. The minimum absolute atomic E-state index is 0.0948. The topological polar surface area (TPSA) is 35.5 Å². The summed E-state index contributed by atoms with van der Waals surface area (Å²) in [5, 5.41) is 0. The molecule has 2 atom stereocenters. The molecular weight excluding hydrogens is 388 g/mol. The lowest BCUT2D eigenvalue weighted by Crippen LogP contribution is -2.50. The summed E-state index contributed by atoms with van der Waals surface area (Å²) >= 11 is 4.17. The van der Waals surface area contributed by atoms with E-state index in [1.165, 1.54) is 30.8 Å². The Morgan fingerprint density at radius 2 is 1.71 bits per heavy atom. The van der Waals surface area contributed by atoms with Crippen molar-refractivity contribution in [1.29, 1.82) is 0 Å². The molecule has 2 aliphatic heterocycles. The number of thioether (sulfide) groups is 2. The Morgan fingerprint density at radius 3 is 2.39 bits per heavy atom. The monoisotopic (exact) mass is 424 g/mol. The quantitative estimate of drug-likeness (QED) is 0.530. The van der Waals surface area contributed by atoms with E-state index < -0.39 is 5.79 Å². The van der Waals surface area contributed by atoms with E-state index in [-0.39, 0.29) is 11.3 Å². The summed E-state index contributed by atoms with van der Waals surface area (Å²) in [6.45, 7) is 5.97. The minimum atomic E-state index is -0.428. The molecule has 2 saturated heterocycles. The highest BCUT2D eigenvalue weighted by atomic mass is 32.2. The molecule has 2 heterocycles. The summed E-state index contributed by atoms with van der Waals surface area (Å²) in [7, 11) is 0. The molecule has 4 fully saturated rings. The summed E-state index contributed by atoms with van der Waals surface area (Å²) in [6.07, 6.45) is 13.2. The Bertz CT molecular complexity index is 566. The van der Waals surface area contributed by atoms with Crippen LogP contribution in [0.3, 0.4) is 0 Å². The number of ether oxygens (including phenoxy) is 2. The number of allylic oxidation sites excluding steroid dienone is 2. The Labute approximate surface area is 179 Å². The summed E-state index contributed by atoms with van der Waals surface area (Å²) in [4.78, 5) is 12.7. The maximum absolute atomic E-state index is 12.7. The number of ketones is 1. The first-order valence-corrected chi connectivity index (χ1v) is 13.3. The molecule has 2 aliphatic carbocycles. The van der Waals surface area contributed by atoms with Gasteiger partial charge in [0.1, 0.15) is 0 Å². The number of carbonyl (C=O) groups excluding carboxylic acids is 1. The van der Waals surface area contributed by atoms with Crippen molar-refractivity contribution in [3.63, 3.8) is 0 Å². The predicted octanol–water partition coefficient (Wildman–Crippen LogP) is 5.68. The van der Waals surface area contributed by atoms with Gasteiger partial charge in [-0.05, 0) is 37.7 Å². The van der Waals surface area contributed by atoms with Gasteiger partial charge in [0.05, 0.1) is 17.8 Å². The number of carbonyl (C=O) groups is 1. The molecule has 0 unspecified atom stereocenters. The number of rotatable bonds is 5. The van der Waals surface area contributed by atoms with Gasteiger partial charge >= 0.3 is 0 Å². The maximum atomic E-state index is 12.7. The highest BCUT2D eigenvalue weighted by Gasteiger charge is 2.53. The fourth-order valence-corrected chi connectivity index (χ4v) is 8.18. The molecule has 0 aromatic carbocycles. The van der Waals surface area contributed by atoms with Crippen LogP contribution in [0.4, 0.5) is 0 Å². The molecule has 4 rings (SSSR count). The molecule has 3 nitrogen and oxygen atoms in total. The van der Waals surface area contributed by atoms with Crippen LogP contribution in [0.15, 0.2) is 12.2 Å². The minimum Gasteiger partial charge on any atom is -0.349 e. The lowest BCUT2D eigenvalue weighted by atomic mass is 9.84. The summed E-state index contributed by atoms with van der Waals surface area (Å²) in [5.41, 5.74) is 0.0948. The molecule has 0 amide bonds. The third kappa shape index (κ3) is 4.84. The molecule has 5 heteroatoms. The van der Waals surface area contributed by atoms with E-state index in [0.29, 0.717) is 22.2 Å². The second-order valence-corrected chi connectivity index (χ2v) is 12.8. The van der Waals surface area contributed by atoms with E-state index >= 15 is 0 Å². The third-order valence-corrected chi connectivity index (χ3v) is 10.1. The van der Waals surface area contributed by atoms with E-state index in [0.717, 1.165) is 45.3 Å².